The lowest BCUT2D eigenvalue weighted by atomic mass is 9.76. The first-order chi connectivity index (χ1) is 17.9. The van der Waals surface area contributed by atoms with Crippen molar-refractivity contribution in [2.24, 2.45) is 5.92 Å². The molecule has 1 fully saturated rings. The first-order valence-corrected chi connectivity index (χ1v) is 13.6. The summed E-state index contributed by atoms with van der Waals surface area (Å²) in [5, 5.41) is 26.2. The Bertz CT molecular complexity index is 1290. The highest BCUT2D eigenvalue weighted by atomic mass is 16.5. The molecule has 0 spiro atoms. The van der Waals surface area contributed by atoms with Crippen LogP contribution in [0.15, 0.2) is 35.9 Å². The molecule has 8 nitrogen and oxygen atoms in total. The quantitative estimate of drug-likeness (QED) is 0.399. The van der Waals surface area contributed by atoms with Crippen LogP contribution < -0.4 is 4.74 Å². The monoisotopic (exact) mass is 506 g/mol. The number of fused-ring (bicyclic) bond motifs is 1. The molecule has 1 saturated carbocycles. The van der Waals surface area contributed by atoms with Crippen LogP contribution in [0.5, 0.6) is 11.5 Å². The maximum atomic E-state index is 11.3. The number of aromatic hydroxyl groups is 1. The highest BCUT2D eigenvalue weighted by Crippen LogP contribution is 2.46. The number of benzene rings is 1. The molecule has 0 bridgehead atoms. The molecule has 3 aromatic rings. The normalized spacial score (nSPS) is 20.7. The van der Waals surface area contributed by atoms with Crippen LogP contribution in [0, 0.1) is 12.8 Å². The van der Waals surface area contributed by atoms with Gasteiger partial charge in [-0.1, -0.05) is 19.8 Å². The third-order valence-electron chi connectivity index (χ3n) is 8.01. The Balaban J connectivity index is 1.38. The number of aromatic nitrogens is 4. The van der Waals surface area contributed by atoms with E-state index in [4.69, 9.17) is 9.47 Å². The van der Waals surface area contributed by atoms with Crippen LogP contribution in [-0.2, 0) is 24.0 Å². The summed E-state index contributed by atoms with van der Waals surface area (Å²) < 4.78 is 14.3. The Kier molecular flexibility index (Phi) is 7.38. The number of aryl methyl sites for hydroxylation is 3. The number of phenolic OH excluding ortho intramolecular Hbond substituents is 1. The number of aliphatic hydroxyl groups is 1. The fourth-order valence-electron chi connectivity index (χ4n) is 5.97. The summed E-state index contributed by atoms with van der Waals surface area (Å²) in [5.41, 5.74) is 3.45. The second kappa shape index (κ2) is 10.7. The average Bonchev–Trinajstić information content (AvgIpc) is 3.55. The number of nitrogens with zero attached hydrogens (tertiary/aromatic N) is 4. The maximum Gasteiger partial charge on any atom is 0.252 e. The van der Waals surface area contributed by atoms with Gasteiger partial charge in [0.25, 0.3) is 5.78 Å². The number of hydrogen-bond donors (Lipinski definition) is 2. The van der Waals surface area contributed by atoms with Crippen LogP contribution in [0.1, 0.15) is 74.9 Å². The van der Waals surface area contributed by atoms with Crippen molar-refractivity contribution in [3.05, 3.63) is 58.4 Å². The third kappa shape index (κ3) is 5.30. The van der Waals surface area contributed by atoms with E-state index in [1.807, 2.05) is 27.0 Å². The smallest absolute Gasteiger partial charge is 0.252 e. The van der Waals surface area contributed by atoms with Gasteiger partial charge in [0.05, 0.1) is 24.6 Å². The lowest BCUT2D eigenvalue weighted by Crippen LogP contribution is -2.44. The van der Waals surface area contributed by atoms with Gasteiger partial charge in [0, 0.05) is 36.9 Å². The zero-order valence-electron chi connectivity index (χ0n) is 22.2. The molecule has 2 N–H and O–H groups in total. The largest absolute Gasteiger partial charge is 0.512 e. The van der Waals surface area contributed by atoms with E-state index >= 15 is 0 Å². The molecular weight excluding hydrogens is 468 g/mol. The topological polar surface area (TPSA) is 102 Å². The fraction of sp³-hybridized carbons (Fsp3) is 0.552. The van der Waals surface area contributed by atoms with E-state index in [0.717, 1.165) is 60.1 Å². The number of aliphatic hydroxyl groups excluding tert-OH is 1. The zero-order chi connectivity index (χ0) is 26.0. The number of ether oxygens (including phenoxy) is 2. The number of rotatable bonds is 9. The van der Waals surface area contributed by atoms with Crippen molar-refractivity contribution in [3.8, 4) is 11.5 Å². The first-order valence-electron chi connectivity index (χ1n) is 13.6. The summed E-state index contributed by atoms with van der Waals surface area (Å²) in [5.74, 6) is 3.03. The lowest BCUT2D eigenvalue weighted by Gasteiger charge is -2.42. The summed E-state index contributed by atoms with van der Waals surface area (Å²) >= 11 is 0. The van der Waals surface area contributed by atoms with E-state index in [2.05, 4.69) is 21.1 Å². The Labute approximate surface area is 218 Å². The first kappa shape index (κ1) is 25.5. The molecule has 198 valence electrons. The summed E-state index contributed by atoms with van der Waals surface area (Å²) in [6.07, 6.45) is 11.6. The molecule has 2 aromatic heterocycles. The molecular formula is C29H38N4O4. The van der Waals surface area contributed by atoms with Crippen molar-refractivity contribution < 1.29 is 19.7 Å². The van der Waals surface area contributed by atoms with Crippen LogP contribution in [0.4, 0.5) is 0 Å². The van der Waals surface area contributed by atoms with E-state index in [0.29, 0.717) is 49.3 Å². The lowest BCUT2D eigenvalue weighted by molar-refractivity contribution is -0.0994. The summed E-state index contributed by atoms with van der Waals surface area (Å²) in [6, 6.07) is 3.81. The number of phenols is 1. The SMILES string of the molecule is CCOc1cc(O)c(CC)cc1CCC1(C2CCCC2)CC(O)=C(Cc2nc3ncc(C)cn3n2)CO1. The van der Waals surface area contributed by atoms with Gasteiger partial charge in [-0.3, -0.25) is 0 Å². The molecule has 1 aliphatic heterocycles. The minimum Gasteiger partial charge on any atom is -0.512 e. The van der Waals surface area contributed by atoms with Gasteiger partial charge >= 0.3 is 0 Å². The minimum atomic E-state index is -0.414. The van der Waals surface area contributed by atoms with Crippen molar-refractivity contribution in [3.63, 3.8) is 0 Å². The van der Waals surface area contributed by atoms with Crippen molar-refractivity contribution in [2.75, 3.05) is 13.2 Å². The van der Waals surface area contributed by atoms with Gasteiger partial charge in [-0.2, -0.15) is 4.98 Å². The summed E-state index contributed by atoms with van der Waals surface area (Å²) in [4.78, 5) is 8.86. The van der Waals surface area contributed by atoms with Crippen molar-refractivity contribution in [2.45, 2.75) is 84.2 Å². The van der Waals surface area contributed by atoms with Gasteiger partial charge < -0.3 is 19.7 Å². The minimum absolute atomic E-state index is 0.283. The van der Waals surface area contributed by atoms with Gasteiger partial charge in [0.2, 0.25) is 0 Å². The standard InChI is InChI=1S/C29H38N4O4/c1-4-20-12-21(26(36-5-2)14-24(20)34)10-11-29(23-8-6-7-9-23)15-25(35)22(18-37-29)13-27-31-28-30-16-19(3)17-33(28)32-27/h12,14,16-17,23,34-35H,4-11,13,15,18H2,1-3H3. The van der Waals surface area contributed by atoms with Crippen LogP contribution in [0.2, 0.25) is 0 Å². The van der Waals surface area contributed by atoms with Gasteiger partial charge in [0.15, 0.2) is 5.82 Å². The van der Waals surface area contributed by atoms with E-state index in [1.165, 1.54) is 12.8 Å². The molecule has 3 heterocycles. The van der Waals surface area contributed by atoms with Crippen molar-refractivity contribution in [1.82, 2.24) is 19.6 Å². The Morgan fingerprint density at radius 3 is 2.70 bits per heavy atom. The van der Waals surface area contributed by atoms with Crippen molar-refractivity contribution >= 4 is 5.78 Å². The molecule has 37 heavy (non-hydrogen) atoms. The highest BCUT2D eigenvalue weighted by molar-refractivity contribution is 5.46. The summed E-state index contributed by atoms with van der Waals surface area (Å²) in [7, 11) is 0. The fourth-order valence-corrected chi connectivity index (χ4v) is 5.97. The molecule has 0 saturated heterocycles. The molecule has 1 aromatic carbocycles. The maximum absolute atomic E-state index is 11.3. The average molecular weight is 507 g/mol. The predicted octanol–water partition coefficient (Wildman–Crippen LogP) is 5.44. The number of hydrogen-bond acceptors (Lipinski definition) is 7. The van der Waals surface area contributed by atoms with Gasteiger partial charge in [-0.25, -0.2) is 9.50 Å². The van der Waals surface area contributed by atoms with Crippen molar-refractivity contribution in [1.29, 1.82) is 0 Å². The molecule has 2 aliphatic rings. The highest BCUT2D eigenvalue weighted by Gasteiger charge is 2.44. The Morgan fingerprint density at radius 1 is 1.16 bits per heavy atom. The second-order valence-corrected chi connectivity index (χ2v) is 10.5. The van der Waals surface area contributed by atoms with Gasteiger partial charge in [0.1, 0.15) is 11.5 Å². The van der Waals surface area contributed by atoms with Crippen LogP contribution in [-0.4, -0.2) is 48.6 Å². The van der Waals surface area contributed by atoms with E-state index in [-0.39, 0.29) is 5.75 Å². The summed E-state index contributed by atoms with van der Waals surface area (Å²) in [6.45, 7) is 6.89. The van der Waals surface area contributed by atoms with Gasteiger partial charge in [-0.15, -0.1) is 5.10 Å². The van der Waals surface area contributed by atoms with Crippen LogP contribution >= 0.6 is 0 Å². The van der Waals surface area contributed by atoms with E-state index in [9.17, 15) is 10.2 Å². The Hall–Kier alpha value is -3.13. The second-order valence-electron chi connectivity index (χ2n) is 10.5. The third-order valence-corrected chi connectivity index (χ3v) is 8.01. The predicted molar refractivity (Wildman–Crippen MR) is 141 cm³/mol. The molecule has 1 unspecified atom stereocenters. The van der Waals surface area contributed by atoms with Crippen LogP contribution in [0.25, 0.3) is 5.78 Å². The molecule has 0 radical (unpaired) electrons. The van der Waals surface area contributed by atoms with Crippen LogP contribution in [0.3, 0.4) is 0 Å². The molecule has 8 heteroatoms. The molecule has 5 rings (SSSR count). The Morgan fingerprint density at radius 2 is 1.97 bits per heavy atom. The molecule has 1 aliphatic carbocycles. The van der Waals surface area contributed by atoms with Gasteiger partial charge in [-0.05, 0) is 74.6 Å². The van der Waals surface area contributed by atoms with E-state index < -0.39 is 5.60 Å². The molecule has 0 amide bonds. The zero-order valence-corrected chi connectivity index (χ0v) is 22.2. The molecule has 1 atom stereocenters. The van der Waals surface area contributed by atoms with E-state index in [1.54, 1.807) is 16.8 Å².